The summed E-state index contributed by atoms with van der Waals surface area (Å²) in [5.74, 6) is 0.921. The molecule has 0 N–H and O–H groups in total. The molecule has 0 fully saturated rings. The Hall–Kier alpha value is -3.87. The molecule has 0 heterocycles. The Labute approximate surface area is 336 Å². The molecule has 264 valence electrons. The van der Waals surface area contributed by atoms with Gasteiger partial charge in [-0.2, -0.15) is 0 Å². The van der Waals surface area contributed by atoms with Crippen molar-refractivity contribution in [3.05, 3.63) is 201 Å². The number of allylic oxidation sites excluding steroid dienone is 4. The van der Waals surface area contributed by atoms with Gasteiger partial charge in [0.05, 0.1) is 0 Å². The van der Waals surface area contributed by atoms with Crippen LogP contribution < -0.4 is 24.8 Å². The van der Waals surface area contributed by atoms with Crippen molar-refractivity contribution in [3.63, 3.8) is 0 Å². The molecule has 0 saturated heterocycles. The van der Waals surface area contributed by atoms with E-state index in [9.17, 15) is 0 Å². The predicted molar refractivity (Wildman–Crippen MR) is 215 cm³/mol. The van der Waals surface area contributed by atoms with Gasteiger partial charge in [0.15, 0.2) is 0 Å². The van der Waals surface area contributed by atoms with Crippen LogP contribution in [0.1, 0.15) is 60.5 Å². The summed E-state index contributed by atoms with van der Waals surface area (Å²) in [6, 6.07) is 59.3. The van der Waals surface area contributed by atoms with Crippen LogP contribution in [0.4, 0.5) is 0 Å². The average molecular weight is 809 g/mol. The summed E-state index contributed by atoms with van der Waals surface area (Å²) in [7, 11) is 0. The predicted octanol–water partition coefficient (Wildman–Crippen LogP) is 7.13. The molecule has 1 atom stereocenters. The molecule has 1 unspecified atom stereocenters. The van der Waals surface area contributed by atoms with Crippen LogP contribution in [0.2, 0.25) is 0 Å². The first-order valence-electron chi connectivity index (χ1n) is 18.5. The van der Waals surface area contributed by atoms with Crippen LogP contribution >= 0.6 is 0 Å². The van der Waals surface area contributed by atoms with Crippen molar-refractivity contribution in [2.24, 2.45) is 17.3 Å². The van der Waals surface area contributed by atoms with Crippen LogP contribution in [0.25, 0.3) is 33.4 Å². The molecule has 0 spiro atoms. The van der Waals surface area contributed by atoms with Crippen molar-refractivity contribution in [3.8, 4) is 33.4 Å². The molecule has 0 amide bonds. The van der Waals surface area contributed by atoms with Crippen LogP contribution in [0, 0.1) is 17.3 Å². The molecule has 2 aliphatic carbocycles. The Balaban J connectivity index is 0.00000240. The van der Waals surface area contributed by atoms with Gasteiger partial charge in [-0.1, -0.05) is 0 Å². The van der Waals surface area contributed by atoms with E-state index in [1.54, 1.807) is 6.49 Å². The molecule has 0 aliphatic heterocycles. The first-order valence-corrected chi connectivity index (χ1v) is 22.3. The normalized spacial score (nSPS) is 14.5. The zero-order valence-corrected chi connectivity index (χ0v) is 35.1. The SMILES string of the molecule is CC(C)C1C=C(C(C)(C)C)C=[C]1[Zr+2](=[C](c1ccccc1)c1ccccc1)[CH]1c2cc(-c3ccccc3)ccc2-c2ccc(-c3ccccc3)cc21.[Cl-].[Cl-]. The number of hydrogen-bond donors (Lipinski definition) is 0. The van der Waals surface area contributed by atoms with E-state index in [-0.39, 0.29) is 30.2 Å². The van der Waals surface area contributed by atoms with Crippen molar-refractivity contribution in [2.45, 2.75) is 38.2 Å². The number of benzene rings is 6. The van der Waals surface area contributed by atoms with Crippen molar-refractivity contribution >= 4 is 3.21 Å². The number of hydrogen-bond acceptors (Lipinski definition) is 0. The van der Waals surface area contributed by atoms with Gasteiger partial charge in [-0.3, -0.25) is 0 Å². The fourth-order valence-corrected chi connectivity index (χ4v) is 18.2. The maximum Gasteiger partial charge on any atom is -1.00 e. The topological polar surface area (TPSA) is 0 Å². The number of halogens is 2. The summed E-state index contributed by atoms with van der Waals surface area (Å²) in [6.07, 6.45) is 5.33. The molecule has 0 bridgehead atoms. The quantitative estimate of drug-likeness (QED) is 0.161. The van der Waals surface area contributed by atoms with Crippen LogP contribution in [-0.4, -0.2) is 3.21 Å². The zero-order chi connectivity index (χ0) is 35.1. The average Bonchev–Trinajstić information content (AvgIpc) is 3.76. The molecular formula is C50H46Cl2Zr. The van der Waals surface area contributed by atoms with Crippen LogP contribution in [0.15, 0.2) is 179 Å². The standard InChI is InChI=1S/C25H17.C13H10.C12H19.2ClH.Zr/c1-3-7-18(8-4-1)20-11-13-24-22(15-20)17-23-16-21(12-14-25(23)24)19-9-5-2-6-10-19;1-3-7-12(8-4-1)11-13-9-5-2-6-10-13;1-9(2)10-6-7-11(8-10)12(3,4)5;;;/h1-17H;1-10H;7-10H,1-5H3;2*1H;/q;;;;;+2/p-2. The second-order valence-corrected chi connectivity index (χ2v) is 21.6. The zero-order valence-electron chi connectivity index (χ0n) is 31.2. The fourth-order valence-electron chi connectivity index (χ4n) is 8.21. The minimum absolute atomic E-state index is 0. The minimum atomic E-state index is -3.02. The van der Waals surface area contributed by atoms with Gasteiger partial charge in [0.1, 0.15) is 0 Å². The number of fused-ring (bicyclic) bond motifs is 3. The molecule has 0 saturated carbocycles. The first kappa shape index (κ1) is 38.8. The van der Waals surface area contributed by atoms with E-state index in [1.807, 2.05) is 0 Å². The maximum absolute atomic E-state index is 3.02. The Bertz CT molecular complexity index is 2160. The summed E-state index contributed by atoms with van der Waals surface area (Å²) < 4.78 is 3.62. The van der Waals surface area contributed by atoms with Gasteiger partial charge in [0.25, 0.3) is 0 Å². The van der Waals surface area contributed by atoms with Crippen molar-refractivity contribution in [1.29, 1.82) is 0 Å². The summed E-state index contributed by atoms with van der Waals surface area (Å²) in [5.41, 5.74) is 15.3. The van der Waals surface area contributed by atoms with Crippen LogP contribution in [0.3, 0.4) is 0 Å². The first-order chi connectivity index (χ1) is 24.8. The third kappa shape index (κ3) is 7.60. The largest absolute Gasteiger partial charge is 1.00 e. The van der Waals surface area contributed by atoms with Crippen molar-refractivity contribution < 1.29 is 46.1 Å². The van der Waals surface area contributed by atoms with Crippen molar-refractivity contribution in [2.75, 3.05) is 0 Å². The molecule has 8 rings (SSSR count). The molecule has 6 aromatic rings. The minimum Gasteiger partial charge on any atom is -1.00 e. The van der Waals surface area contributed by atoms with Crippen molar-refractivity contribution in [1.82, 2.24) is 0 Å². The van der Waals surface area contributed by atoms with Gasteiger partial charge in [-0.05, 0) is 0 Å². The Morgan fingerprint density at radius 2 is 0.943 bits per heavy atom. The van der Waals surface area contributed by atoms with E-state index in [0.717, 1.165) is 0 Å². The fraction of sp³-hybridized carbons (Fsp3) is 0.180. The second kappa shape index (κ2) is 16.2. The van der Waals surface area contributed by atoms with Gasteiger partial charge < -0.3 is 24.8 Å². The third-order valence-electron chi connectivity index (χ3n) is 10.8. The maximum atomic E-state index is 2.69. The van der Waals surface area contributed by atoms with E-state index >= 15 is 0 Å². The van der Waals surface area contributed by atoms with Gasteiger partial charge >= 0.3 is 314 Å². The molecule has 6 aromatic carbocycles. The van der Waals surface area contributed by atoms with E-state index in [4.69, 9.17) is 0 Å². The number of rotatable bonds is 7. The Morgan fingerprint density at radius 3 is 1.34 bits per heavy atom. The Morgan fingerprint density at radius 1 is 0.528 bits per heavy atom. The van der Waals surface area contributed by atoms with Crippen LogP contribution in [0.5, 0.6) is 0 Å². The van der Waals surface area contributed by atoms with Gasteiger partial charge in [0, 0.05) is 0 Å². The molecule has 0 aromatic heterocycles. The van der Waals surface area contributed by atoms with E-state index in [1.165, 1.54) is 61.2 Å². The van der Waals surface area contributed by atoms with Gasteiger partial charge in [-0.25, -0.2) is 0 Å². The third-order valence-corrected chi connectivity index (χ3v) is 19.2. The molecule has 53 heavy (non-hydrogen) atoms. The monoisotopic (exact) mass is 806 g/mol. The molecule has 0 nitrogen and oxygen atoms in total. The molecule has 3 heteroatoms. The molecule has 2 aliphatic rings. The van der Waals surface area contributed by atoms with Gasteiger partial charge in [0.2, 0.25) is 0 Å². The summed E-state index contributed by atoms with van der Waals surface area (Å²) in [6.45, 7) is 12.0. The molecular weight excluding hydrogens is 763 g/mol. The second-order valence-electron chi connectivity index (χ2n) is 15.5. The smallest absolute Gasteiger partial charge is 1.00 e. The summed E-state index contributed by atoms with van der Waals surface area (Å²) >= 11 is -3.02. The van der Waals surface area contributed by atoms with Gasteiger partial charge in [-0.15, -0.1) is 0 Å². The van der Waals surface area contributed by atoms with E-state index in [0.29, 0.717) is 15.5 Å². The molecule has 0 radical (unpaired) electrons. The van der Waals surface area contributed by atoms with E-state index in [2.05, 4.69) is 204 Å². The summed E-state index contributed by atoms with van der Waals surface area (Å²) in [5, 5.41) is 0. The summed E-state index contributed by atoms with van der Waals surface area (Å²) in [4.78, 5) is 0. The van der Waals surface area contributed by atoms with E-state index < -0.39 is 21.3 Å². The Kier molecular flexibility index (Phi) is 11.9. The van der Waals surface area contributed by atoms with Crippen LogP contribution in [-0.2, 0) is 21.3 Å².